The lowest BCUT2D eigenvalue weighted by molar-refractivity contribution is -0.121. The zero-order chi connectivity index (χ0) is 15.6. The smallest absolute Gasteiger partial charge is 0.223 e. The van der Waals surface area contributed by atoms with Crippen LogP contribution in [0.2, 0.25) is 0 Å². The first-order valence-corrected chi connectivity index (χ1v) is 8.40. The fourth-order valence-electron chi connectivity index (χ4n) is 2.29. The number of aryl methyl sites for hydroxylation is 1. The molecule has 1 aliphatic heterocycles. The number of hydrogen-bond donors (Lipinski definition) is 1. The highest BCUT2D eigenvalue weighted by Crippen LogP contribution is 2.18. The maximum atomic E-state index is 11.7. The molecule has 0 radical (unpaired) electrons. The molecule has 2 N–H and O–H groups in total. The Morgan fingerprint density at radius 2 is 2.05 bits per heavy atom. The Balaban J connectivity index is 2.28. The van der Waals surface area contributed by atoms with Gasteiger partial charge in [0.05, 0.1) is 12.2 Å². The molecule has 116 valence electrons. The molecular formula is C12H19N5O3S. The minimum Gasteiger partial charge on any atom is -0.369 e. The van der Waals surface area contributed by atoms with E-state index in [2.05, 4.69) is 9.97 Å². The molecule has 1 aromatic rings. The van der Waals surface area contributed by atoms with Gasteiger partial charge in [-0.3, -0.25) is 4.79 Å². The third-order valence-electron chi connectivity index (χ3n) is 3.47. The summed E-state index contributed by atoms with van der Waals surface area (Å²) in [5.74, 6) is -0.414. The molecule has 2 rings (SSSR count). The molecule has 0 aliphatic carbocycles. The van der Waals surface area contributed by atoms with E-state index in [4.69, 9.17) is 5.73 Å². The first-order valence-electron chi connectivity index (χ1n) is 6.55. The molecule has 1 aliphatic rings. The van der Waals surface area contributed by atoms with Crippen LogP contribution in [-0.4, -0.2) is 61.0 Å². The zero-order valence-corrected chi connectivity index (χ0v) is 12.9. The Morgan fingerprint density at radius 3 is 2.62 bits per heavy atom. The van der Waals surface area contributed by atoms with Crippen LogP contribution in [-0.2, 0) is 14.8 Å². The predicted molar refractivity (Wildman–Crippen MR) is 78.1 cm³/mol. The normalized spacial score (nSPS) is 21.0. The minimum atomic E-state index is -3.36. The number of nitrogens with zero attached hydrogens (tertiary/aromatic N) is 4. The number of amides is 1. The molecule has 1 fully saturated rings. The van der Waals surface area contributed by atoms with Crippen molar-refractivity contribution < 1.29 is 13.2 Å². The molecule has 9 heteroatoms. The lowest BCUT2D eigenvalue weighted by Gasteiger charge is -2.23. The molecule has 1 saturated heterocycles. The van der Waals surface area contributed by atoms with Gasteiger partial charge in [-0.25, -0.2) is 18.4 Å². The molecule has 1 atom stereocenters. The molecular weight excluding hydrogens is 294 g/mol. The molecule has 1 aromatic heterocycles. The van der Waals surface area contributed by atoms with Gasteiger partial charge in [0.25, 0.3) is 0 Å². The number of carbonyl (C=O) groups excluding carboxylic acids is 1. The number of primary amides is 1. The number of hydrogen-bond acceptors (Lipinski definition) is 6. The lowest BCUT2D eigenvalue weighted by atomic mass is 10.1. The molecule has 0 saturated carbocycles. The summed E-state index contributed by atoms with van der Waals surface area (Å²) in [6, 6.07) is 1.80. The van der Waals surface area contributed by atoms with Crippen molar-refractivity contribution in [2.45, 2.75) is 6.92 Å². The highest BCUT2D eigenvalue weighted by Gasteiger charge is 2.31. The van der Waals surface area contributed by atoms with E-state index in [9.17, 15) is 13.2 Å². The van der Waals surface area contributed by atoms with Crippen LogP contribution in [0.25, 0.3) is 0 Å². The van der Waals surface area contributed by atoms with E-state index in [1.165, 1.54) is 10.6 Å². The predicted octanol–water partition coefficient (Wildman–Crippen LogP) is -1.03. The van der Waals surface area contributed by atoms with Gasteiger partial charge in [0, 0.05) is 37.9 Å². The highest BCUT2D eigenvalue weighted by atomic mass is 32.2. The van der Waals surface area contributed by atoms with Crippen LogP contribution in [0.3, 0.4) is 0 Å². The Bertz CT molecular complexity index is 634. The third-order valence-corrected chi connectivity index (χ3v) is 4.74. The fraction of sp³-hybridized carbons (Fsp3) is 0.583. The Hall–Kier alpha value is -1.74. The third kappa shape index (κ3) is 3.88. The summed E-state index contributed by atoms with van der Waals surface area (Å²) >= 11 is 0. The lowest BCUT2D eigenvalue weighted by Crippen LogP contribution is -2.40. The van der Waals surface area contributed by atoms with Gasteiger partial charge in [-0.15, -0.1) is 0 Å². The van der Waals surface area contributed by atoms with Gasteiger partial charge in [-0.2, -0.15) is 4.31 Å². The SMILES string of the molecule is Cc1cc(N2CCN(S(C)(=O)=O)CC(C(N)=O)C2)ncn1. The number of nitrogens with two attached hydrogens (primary N) is 1. The largest absolute Gasteiger partial charge is 0.369 e. The van der Waals surface area contributed by atoms with Crippen LogP contribution in [0.15, 0.2) is 12.4 Å². The first-order chi connectivity index (χ1) is 9.77. The van der Waals surface area contributed by atoms with E-state index in [1.54, 1.807) is 6.07 Å². The Morgan fingerprint density at radius 1 is 1.33 bits per heavy atom. The van der Waals surface area contributed by atoms with Crippen molar-refractivity contribution in [2.75, 3.05) is 37.3 Å². The zero-order valence-electron chi connectivity index (χ0n) is 12.1. The van der Waals surface area contributed by atoms with E-state index in [0.717, 1.165) is 11.9 Å². The number of aromatic nitrogens is 2. The molecule has 1 amide bonds. The topological polar surface area (TPSA) is 109 Å². The Kier molecular flexibility index (Phi) is 4.43. The van der Waals surface area contributed by atoms with Crippen molar-refractivity contribution in [1.82, 2.24) is 14.3 Å². The molecule has 8 nitrogen and oxygen atoms in total. The molecule has 21 heavy (non-hydrogen) atoms. The number of anilines is 1. The maximum Gasteiger partial charge on any atom is 0.223 e. The standard InChI is InChI=1S/C12H19N5O3S/c1-9-5-11(15-8-14-9)16-3-4-17(21(2,19)20)7-10(6-16)12(13)18/h5,8,10H,3-4,6-7H2,1-2H3,(H2,13,18). The van der Waals surface area contributed by atoms with Crippen molar-refractivity contribution in [3.8, 4) is 0 Å². The second-order valence-electron chi connectivity index (χ2n) is 5.18. The highest BCUT2D eigenvalue weighted by molar-refractivity contribution is 7.88. The van der Waals surface area contributed by atoms with Crippen LogP contribution < -0.4 is 10.6 Å². The van der Waals surface area contributed by atoms with Gasteiger partial charge in [0.1, 0.15) is 12.1 Å². The maximum absolute atomic E-state index is 11.7. The van der Waals surface area contributed by atoms with Gasteiger partial charge >= 0.3 is 0 Å². The van der Waals surface area contributed by atoms with Crippen LogP contribution in [0, 0.1) is 12.8 Å². The van der Waals surface area contributed by atoms with Gasteiger partial charge in [-0.05, 0) is 6.92 Å². The molecule has 0 aromatic carbocycles. The summed E-state index contributed by atoms with van der Waals surface area (Å²) < 4.78 is 24.8. The second-order valence-corrected chi connectivity index (χ2v) is 7.17. The van der Waals surface area contributed by atoms with Gasteiger partial charge in [0.2, 0.25) is 15.9 Å². The second kappa shape index (κ2) is 5.94. The summed E-state index contributed by atoms with van der Waals surface area (Å²) in [5.41, 5.74) is 6.20. The van der Waals surface area contributed by atoms with Crippen molar-refractivity contribution >= 4 is 21.7 Å². The average Bonchev–Trinajstić information content (AvgIpc) is 2.61. The van der Waals surface area contributed by atoms with Crippen molar-refractivity contribution in [1.29, 1.82) is 0 Å². The first kappa shape index (κ1) is 15.6. The summed E-state index contributed by atoms with van der Waals surface area (Å²) in [7, 11) is -3.36. The van der Waals surface area contributed by atoms with E-state index < -0.39 is 21.8 Å². The van der Waals surface area contributed by atoms with E-state index >= 15 is 0 Å². The van der Waals surface area contributed by atoms with Gasteiger partial charge in [0.15, 0.2) is 0 Å². The van der Waals surface area contributed by atoms with E-state index in [1.807, 2.05) is 11.8 Å². The summed E-state index contributed by atoms with van der Waals surface area (Å²) in [5, 5.41) is 0. The van der Waals surface area contributed by atoms with Gasteiger partial charge < -0.3 is 10.6 Å². The minimum absolute atomic E-state index is 0.106. The van der Waals surface area contributed by atoms with E-state index in [-0.39, 0.29) is 6.54 Å². The quantitative estimate of drug-likeness (QED) is 0.764. The van der Waals surface area contributed by atoms with Crippen molar-refractivity contribution in [3.63, 3.8) is 0 Å². The molecule has 0 bridgehead atoms. The molecule has 1 unspecified atom stereocenters. The fourth-order valence-corrected chi connectivity index (χ4v) is 3.15. The van der Waals surface area contributed by atoms with Crippen LogP contribution in [0.4, 0.5) is 5.82 Å². The number of carbonyl (C=O) groups is 1. The van der Waals surface area contributed by atoms with Crippen LogP contribution >= 0.6 is 0 Å². The number of sulfonamides is 1. The Labute approximate surface area is 124 Å². The van der Waals surface area contributed by atoms with Crippen LogP contribution in [0.5, 0.6) is 0 Å². The summed E-state index contributed by atoms with van der Waals surface area (Å²) in [4.78, 5) is 21.6. The van der Waals surface area contributed by atoms with Crippen LogP contribution in [0.1, 0.15) is 5.69 Å². The van der Waals surface area contributed by atoms with E-state index in [0.29, 0.717) is 25.5 Å². The summed E-state index contributed by atoms with van der Waals surface area (Å²) in [6.45, 7) is 3.04. The average molecular weight is 313 g/mol. The summed E-state index contributed by atoms with van der Waals surface area (Å²) in [6.07, 6.45) is 2.58. The van der Waals surface area contributed by atoms with Crippen molar-refractivity contribution in [3.05, 3.63) is 18.1 Å². The van der Waals surface area contributed by atoms with Gasteiger partial charge in [-0.1, -0.05) is 0 Å². The number of rotatable bonds is 3. The molecule has 0 spiro atoms. The monoisotopic (exact) mass is 313 g/mol. The molecule has 2 heterocycles. The van der Waals surface area contributed by atoms with Crippen molar-refractivity contribution in [2.24, 2.45) is 11.7 Å².